The first-order valence-electron chi connectivity index (χ1n) is 19.2. The molecule has 0 aliphatic rings. The molecular weight excluding hydrogens is 617 g/mol. The van der Waals surface area contributed by atoms with Crippen LogP contribution < -0.4 is 5.73 Å². The summed E-state index contributed by atoms with van der Waals surface area (Å²) in [5.41, 5.74) is 5.31. The highest BCUT2D eigenvalue weighted by atomic mass is 31.2. The van der Waals surface area contributed by atoms with E-state index in [1.165, 1.54) is 109 Å². The predicted octanol–water partition coefficient (Wildman–Crippen LogP) is 10.3. The fraction of sp³-hybridized carbons (Fsp3) is 0.892. The predicted molar refractivity (Wildman–Crippen MR) is 192 cm³/mol. The summed E-state index contributed by atoms with van der Waals surface area (Å²) in [5, 5.41) is 0. The van der Waals surface area contributed by atoms with Crippen molar-refractivity contribution in [3.8, 4) is 0 Å². The molecule has 10 heteroatoms. The summed E-state index contributed by atoms with van der Waals surface area (Å²) in [4.78, 5) is 34.5. The highest BCUT2D eigenvalue weighted by molar-refractivity contribution is 7.47. The molecule has 1 unspecified atom stereocenters. The average molecular weight is 690 g/mol. The SMILES string of the molecule is CCCCCCCC/C=C/CCCCCCCCCCCC(=O)OC[C@@H](COP(=O)(O)OCCN)OC(=O)CCCCCCCCC. The summed E-state index contributed by atoms with van der Waals surface area (Å²) < 4.78 is 32.5. The van der Waals surface area contributed by atoms with E-state index < -0.39 is 26.5 Å². The maximum absolute atomic E-state index is 12.4. The second kappa shape index (κ2) is 34.6. The second-order valence-electron chi connectivity index (χ2n) is 12.8. The van der Waals surface area contributed by atoms with Gasteiger partial charge in [-0.1, -0.05) is 142 Å². The van der Waals surface area contributed by atoms with Crippen LogP contribution in [0.5, 0.6) is 0 Å². The Labute approximate surface area is 288 Å². The van der Waals surface area contributed by atoms with Gasteiger partial charge in [-0.05, 0) is 38.5 Å². The van der Waals surface area contributed by atoms with Crippen molar-refractivity contribution in [3.05, 3.63) is 12.2 Å². The minimum Gasteiger partial charge on any atom is -0.462 e. The molecular formula is C37H72NO8P. The Hall–Kier alpha value is -1.25. The largest absolute Gasteiger partial charge is 0.472 e. The lowest BCUT2D eigenvalue weighted by molar-refractivity contribution is -0.161. The molecule has 0 saturated heterocycles. The minimum absolute atomic E-state index is 0.0554. The smallest absolute Gasteiger partial charge is 0.462 e. The van der Waals surface area contributed by atoms with Crippen LogP contribution in [0.15, 0.2) is 12.2 Å². The number of unbranched alkanes of at least 4 members (excludes halogenated alkanes) is 21. The second-order valence-corrected chi connectivity index (χ2v) is 14.3. The van der Waals surface area contributed by atoms with Gasteiger partial charge in [0.15, 0.2) is 6.10 Å². The van der Waals surface area contributed by atoms with Gasteiger partial charge in [0.2, 0.25) is 0 Å². The Kier molecular flexibility index (Phi) is 33.7. The summed E-state index contributed by atoms with van der Waals surface area (Å²) in [7, 11) is -4.36. The molecule has 0 amide bonds. The van der Waals surface area contributed by atoms with Crippen molar-refractivity contribution in [1.29, 1.82) is 0 Å². The van der Waals surface area contributed by atoms with E-state index in [9.17, 15) is 19.0 Å². The maximum atomic E-state index is 12.4. The van der Waals surface area contributed by atoms with Crippen LogP contribution in [0.25, 0.3) is 0 Å². The molecule has 0 saturated carbocycles. The molecule has 0 bridgehead atoms. The van der Waals surface area contributed by atoms with Crippen molar-refractivity contribution in [3.63, 3.8) is 0 Å². The van der Waals surface area contributed by atoms with Gasteiger partial charge in [-0.3, -0.25) is 18.6 Å². The first-order chi connectivity index (χ1) is 22.8. The Morgan fingerprint density at radius 1 is 0.617 bits per heavy atom. The van der Waals surface area contributed by atoms with E-state index in [1.807, 2.05) is 0 Å². The van der Waals surface area contributed by atoms with Gasteiger partial charge in [0, 0.05) is 19.4 Å². The number of hydrogen-bond acceptors (Lipinski definition) is 8. The number of hydrogen-bond donors (Lipinski definition) is 2. The van der Waals surface area contributed by atoms with Gasteiger partial charge in [0.25, 0.3) is 0 Å². The van der Waals surface area contributed by atoms with E-state index in [-0.39, 0.29) is 38.6 Å². The van der Waals surface area contributed by atoms with Crippen LogP contribution in [0.3, 0.4) is 0 Å². The lowest BCUT2D eigenvalue weighted by Gasteiger charge is -2.19. The quantitative estimate of drug-likeness (QED) is 0.0285. The Balaban J connectivity index is 4.05. The van der Waals surface area contributed by atoms with Gasteiger partial charge in [-0.25, -0.2) is 4.57 Å². The van der Waals surface area contributed by atoms with Crippen LogP contribution in [0.2, 0.25) is 0 Å². The van der Waals surface area contributed by atoms with Crippen LogP contribution >= 0.6 is 7.82 Å². The average Bonchev–Trinajstić information content (AvgIpc) is 3.05. The summed E-state index contributed by atoms with van der Waals surface area (Å²) in [5.74, 6) is -0.833. The van der Waals surface area contributed by atoms with Crippen molar-refractivity contribution in [2.24, 2.45) is 5.73 Å². The van der Waals surface area contributed by atoms with Gasteiger partial charge in [-0.15, -0.1) is 0 Å². The molecule has 0 aromatic heterocycles. The summed E-state index contributed by atoms with van der Waals surface area (Å²) in [6.45, 7) is 3.67. The minimum atomic E-state index is -4.36. The number of nitrogens with two attached hydrogens (primary N) is 1. The zero-order valence-electron chi connectivity index (χ0n) is 30.3. The van der Waals surface area contributed by atoms with Crippen LogP contribution in [0.1, 0.15) is 181 Å². The molecule has 9 nitrogen and oxygen atoms in total. The van der Waals surface area contributed by atoms with Gasteiger partial charge in [-0.2, -0.15) is 0 Å². The molecule has 2 atom stereocenters. The molecule has 0 heterocycles. The first-order valence-corrected chi connectivity index (χ1v) is 20.7. The zero-order chi connectivity index (χ0) is 34.7. The van der Waals surface area contributed by atoms with E-state index >= 15 is 0 Å². The van der Waals surface area contributed by atoms with E-state index in [4.69, 9.17) is 24.3 Å². The Bertz CT molecular complexity index is 794. The van der Waals surface area contributed by atoms with Crippen LogP contribution in [-0.2, 0) is 32.7 Å². The van der Waals surface area contributed by atoms with Crippen molar-refractivity contribution in [2.75, 3.05) is 26.4 Å². The van der Waals surface area contributed by atoms with Crippen LogP contribution in [0, 0.1) is 0 Å². The highest BCUT2D eigenvalue weighted by Crippen LogP contribution is 2.43. The molecule has 0 radical (unpaired) electrons. The third-order valence-corrected chi connectivity index (χ3v) is 9.14. The molecule has 278 valence electrons. The number of rotatable bonds is 36. The van der Waals surface area contributed by atoms with Gasteiger partial charge in [0.05, 0.1) is 13.2 Å². The highest BCUT2D eigenvalue weighted by Gasteiger charge is 2.25. The number of carbonyl (C=O) groups excluding carboxylic acids is 2. The lowest BCUT2D eigenvalue weighted by Crippen LogP contribution is -2.29. The van der Waals surface area contributed by atoms with Gasteiger partial charge >= 0.3 is 19.8 Å². The summed E-state index contributed by atoms with van der Waals surface area (Å²) in [6.07, 6.45) is 32.7. The molecule has 0 aliphatic heterocycles. The van der Waals surface area contributed by atoms with Gasteiger partial charge < -0.3 is 20.1 Å². The molecule has 3 N–H and O–H groups in total. The van der Waals surface area contributed by atoms with E-state index in [0.717, 1.165) is 38.5 Å². The normalized spacial score (nSPS) is 13.5. The number of esters is 2. The number of phosphoric acid groups is 1. The molecule has 0 spiro atoms. The summed E-state index contributed by atoms with van der Waals surface area (Å²) >= 11 is 0. The Morgan fingerprint density at radius 3 is 1.51 bits per heavy atom. The van der Waals surface area contributed by atoms with Crippen LogP contribution in [0.4, 0.5) is 0 Å². The number of phosphoric ester groups is 1. The monoisotopic (exact) mass is 689 g/mol. The third kappa shape index (κ3) is 34.4. The first kappa shape index (κ1) is 45.8. The van der Waals surface area contributed by atoms with Crippen molar-refractivity contribution in [1.82, 2.24) is 0 Å². The molecule has 0 aromatic rings. The maximum Gasteiger partial charge on any atom is 0.472 e. The number of carbonyl (C=O) groups is 2. The zero-order valence-corrected chi connectivity index (χ0v) is 31.2. The van der Waals surface area contributed by atoms with Crippen molar-refractivity contribution in [2.45, 2.75) is 187 Å². The van der Waals surface area contributed by atoms with E-state index in [1.54, 1.807) is 0 Å². The third-order valence-electron chi connectivity index (χ3n) is 8.15. The van der Waals surface area contributed by atoms with E-state index in [2.05, 4.69) is 26.0 Å². The standard InChI is InChI=1S/C37H72NO8P/c1-3-5-7-9-11-12-13-14-15-16-17-18-19-20-21-22-24-25-27-29-36(39)43-33-35(34-45-47(41,42)44-32-31-38)46-37(40)30-28-26-23-10-8-6-4-2/h14-15,35H,3-13,16-34,38H2,1-2H3,(H,41,42)/b15-14+/t35-/m0/s1. The molecule has 47 heavy (non-hydrogen) atoms. The van der Waals surface area contributed by atoms with Crippen molar-refractivity contribution >= 4 is 19.8 Å². The van der Waals surface area contributed by atoms with E-state index in [0.29, 0.717) is 6.42 Å². The molecule has 0 fully saturated rings. The topological polar surface area (TPSA) is 134 Å². The molecule has 0 aliphatic carbocycles. The fourth-order valence-corrected chi connectivity index (χ4v) is 6.04. The number of allylic oxidation sites excluding steroid dienone is 2. The summed E-state index contributed by atoms with van der Waals surface area (Å²) in [6, 6.07) is 0. The van der Waals surface area contributed by atoms with Crippen LogP contribution in [-0.4, -0.2) is 49.3 Å². The van der Waals surface area contributed by atoms with Gasteiger partial charge in [0.1, 0.15) is 6.61 Å². The van der Waals surface area contributed by atoms with Crippen molar-refractivity contribution < 1.29 is 37.6 Å². The number of ether oxygens (including phenoxy) is 2. The lowest BCUT2D eigenvalue weighted by atomic mass is 10.1. The Morgan fingerprint density at radius 2 is 1.04 bits per heavy atom. The fourth-order valence-electron chi connectivity index (χ4n) is 5.28. The molecule has 0 aromatic carbocycles. The molecule has 0 rings (SSSR count).